The van der Waals surface area contributed by atoms with Crippen molar-refractivity contribution in [3.8, 4) is 0 Å². The fraction of sp³-hybridized carbons (Fsp3) is 0.235. The molecule has 104 valence electrons. The van der Waals surface area contributed by atoms with E-state index in [2.05, 4.69) is 29.6 Å². The van der Waals surface area contributed by atoms with E-state index in [-0.39, 0.29) is 0 Å². The summed E-state index contributed by atoms with van der Waals surface area (Å²) in [6.07, 6.45) is 2.19. The van der Waals surface area contributed by atoms with Crippen molar-refractivity contribution in [3.05, 3.63) is 65.7 Å². The maximum atomic E-state index is 10.9. The van der Waals surface area contributed by atoms with Crippen LogP contribution in [0.2, 0.25) is 0 Å². The number of fused-ring (bicyclic) bond motifs is 1. The van der Waals surface area contributed by atoms with E-state index in [0.717, 1.165) is 5.69 Å². The van der Waals surface area contributed by atoms with Crippen molar-refractivity contribution in [3.63, 3.8) is 0 Å². The van der Waals surface area contributed by atoms with Crippen LogP contribution in [-0.4, -0.2) is 12.7 Å². The Morgan fingerprint density at radius 1 is 1.00 bits per heavy atom. The molecule has 0 aromatic heterocycles. The molecule has 2 aromatic rings. The highest BCUT2D eigenvalue weighted by Crippen LogP contribution is 2.20. The number of hydrogen-bond donors (Lipinski definition) is 1. The topological polar surface area (TPSA) is 38.3 Å². The normalized spacial score (nSPS) is 11.2. The quantitative estimate of drug-likeness (QED) is 0.893. The average Bonchev–Trinajstić information content (AvgIpc) is 2.42. The Morgan fingerprint density at radius 2 is 1.55 bits per heavy atom. The molecule has 0 spiro atoms. The van der Waals surface area contributed by atoms with Gasteiger partial charge in [-0.2, -0.15) is 0 Å². The van der Waals surface area contributed by atoms with Gasteiger partial charge in [0.25, 0.3) is 0 Å². The maximum absolute atomic E-state index is 10.9. The van der Waals surface area contributed by atoms with Gasteiger partial charge in [-0.15, -0.1) is 0 Å². The summed E-state index contributed by atoms with van der Waals surface area (Å²) in [6.45, 7) is 2.16. The van der Waals surface area contributed by atoms with Crippen LogP contribution in [0.15, 0.2) is 54.6 Å². The lowest BCUT2D eigenvalue weighted by atomic mass is 9.89. The van der Waals surface area contributed by atoms with Gasteiger partial charge in [-0.1, -0.05) is 42.5 Å². The van der Waals surface area contributed by atoms with E-state index >= 15 is 0 Å². The summed E-state index contributed by atoms with van der Waals surface area (Å²) in [6, 6.07) is 17.8. The molecule has 2 aromatic carbocycles. The van der Waals surface area contributed by atoms with Crippen LogP contribution in [0.1, 0.15) is 18.1 Å². The van der Waals surface area contributed by atoms with Gasteiger partial charge in [0.1, 0.15) is 0 Å². The number of anilines is 1. The van der Waals surface area contributed by atoms with Crippen molar-refractivity contribution in [2.45, 2.75) is 19.8 Å². The van der Waals surface area contributed by atoms with E-state index in [1.54, 1.807) is 30.2 Å². The third-order valence-corrected chi connectivity index (χ3v) is 3.08. The van der Waals surface area contributed by atoms with Crippen LogP contribution in [0.3, 0.4) is 0 Å². The van der Waals surface area contributed by atoms with Gasteiger partial charge in [0, 0.05) is 5.69 Å². The van der Waals surface area contributed by atoms with Gasteiger partial charge in [0.2, 0.25) is 0 Å². The fourth-order valence-corrected chi connectivity index (χ4v) is 1.94. The average molecular weight is 269 g/mol. The molecule has 0 saturated heterocycles. The molecule has 0 aliphatic heterocycles. The summed E-state index contributed by atoms with van der Waals surface area (Å²) < 4.78 is 4.70. The first kappa shape index (κ1) is 14.1. The molecule has 0 radical (unpaired) electrons. The highest BCUT2D eigenvalue weighted by atomic mass is 16.5. The van der Waals surface area contributed by atoms with Gasteiger partial charge < -0.3 is 4.74 Å². The Bertz CT molecular complexity index is 529. The fourth-order valence-electron chi connectivity index (χ4n) is 1.94. The second-order valence-corrected chi connectivity index (χ2v) is 4.48. The summed E-state index contributed by atoms with van der Waals surface area (Å²) in [7, 11) is 0. The lowest BCUT2D eigenvalue weighted by Crippen LogP contribution is -2.12. The van der Waals surface area contributed by atoms with Crippen molar-refractivity contribution in [1.29, 1.82) is 0 Å². The van der Waals surface area contributed by atoms with Gasteiger partial charge in [0.15, 0.2) is 0 Å². The first-order chi connectivity index (χ1) is 9.79. The second kappa shape index (κ2) is 7.34. The number of para-hydroxylation sites is 1. The zero-order valence-electron chi connectivity index (χ0n) is 11.6. The number of nitrogens with one attached hydrogen (secondary N) is 1. The summed E-state index contributed by atoms with van der Waals surface area (Å²) in [4.78, 5) is 10.9. The van der Waals surface area contributed by atoms with E-state index in [0.29, 0.717) is 6.61 Å². The summed E-state index contributed by atoms with van der Waals surface area (Å²) in [5.41, 5.74) is 3.84. The van der Waals surface area contributed by atoms with Crippen LogP contribution in [0, 0.1) is 0 Å². The minimum Gasteiger partial charge on any atom is -0.450 e. The molecule has 0 saturated carbocycles. The standard InChI is InChI=1S/C9H11NO2.C8H8/c1-2-12-9(11)10-8-6-4-3-5-7-8;1-2-4-8-6-5-7(8)3-1/h3-7H,2H2,1H3,(H,10,11);1-4H,5-6H2. The molecular weight excluding hydrogens is 250 g/mol. The van der Waals surface area contributed by atoms with E-state index < -0.39 is 6.09 Å². The summed E-state index contributed by atoms with van der Waals surface area (Å²) in [5, 5.41) is 2.58. The smallest absolute Gasteiger partial charge is 0.411 e. The minimum absolute atomic E-state index is 0.388. The molecule has 3 rings (SSSR count). The molecule has 20 heavy (non-hydrogen) atoms. The van der Waals surface area contributed by atoms with Gasteiger partial charge in [-0.05, 0) is 43.0 Å². The van der Waals surface area contributed by atoms with Crippen molar-refractivity contribution in [1.82, 2.24) is 0 Å². The molecule has 0 atom stereocenters. The van der Waals surface area contributed by atoms with E-state index in [1.165, 1.54) is 12.8 Å². The SMILES string of the molecule is CCOC(=O)Nc1ccccc1.c1ccc2c(c1)CC2. The molecule has 1 amide bonds. The Morgan fingerprint density at radius 3 is 2.00 bits per heavy atom. The number of aryl methyl sites for hydroxylation is 2. The van der Waals surface area contributed by atoms with E-state index in [1.807, 2.05) is 18.2 Å². The summed E-state index contributed by atoms with van der Waals surface area (Å²) in [5.74, 6) is 0. The monoisotopic (exact) mass is 269 g/mol. The molecule has 1 aliphatic rings. The lowest BCUT2D eigenvalue weighted by molar-refractivity contribution is 0.168. The van der Waals surface area contributed by atoms with Gasteiger partial charge >= 0.3 is 6.09 Å². The Labute approximate surface area is 119 Å². The van der Waals surface area contributed by atoms with Crippen molar-refractivity contribution in [2.24, 2.45) is 0 Å². The van der Waals surface area contributed by atoms with Gasteiger partial charge in [0.05, 0.1) is 6.61 Å². The Hall–Kier alpha value is -2.29. The zero-order chi connectivity index (χ0) is 14.2. The van der Waals surface area contributed by atoms with Crippen LogP contribution in [0.5, 0.6) is 0 Å². The zero-order valence-corrected chi connectivity index (χ0v) is 11.6. The molecule has 0 unspecified atom stereocenters. The third-order valence-electron chi connectivity index (χ3n) is 3.08. The first-order valence-electron chi connectivity index (χ1n) is 6.85. The second-order valence-electron chi connectivity index (χ2n) is 4.48. The predicted octanol–water partition coefficient (Wildman–Crippen LogP) is 4.04. The van der Waals surface area contributed by atoms with Crippen molar-refractivity contribution < 1.29 is 9.53 Å². The molecule has 1 N–H and O–H groups in total. The van der Waals surface area contributed by atoms with Crippen LogP contribution in [0.25, 0.3) is 0 Å². The highest BCUT2D eigenvalue weighted by Gasteiger charge is 2.09. The predicted molar refractivity (Wildman–Crippen MR) is 80.9 cm³/mol. The largest absolute Gasteiger partial charge is 0.450 e. The molecular formula is C17H19NO2. The number of carbonyl (C=O) groups is 1. The third kappa shape index (κ3) is 4.12. The molecule has 3 heteroatoms. The van der Waals surface area contributed by atoms with Crippen LogP contribution < -0.4 is 5.32 Å². The lowest BCUT2D eigenvalue weighted by Gasteiger charge is -2.16. The number of amides is 1. The highest BCUT2D eigenvalue weighted by molar-refractivity contribution is 5.84. The van der Waals surface area contributed by atoms with E-state index in [9.17, 15) is 4.79 Å². The van der Waals surface area contributed by atoms with E-state index in [4.69, 9.17) is 4.74 Å². The van der Waals surface area contributed by atoms with Crippen molar-refractivity contribution >= 4 is 11.8 Å². The first-order valence-corrected chi connectivity index (χ1v) is 6.85. The molecule has 0 heterocycles. The number of hydrogen-bond acceptors (Lipinski definition) is 2. The number of rotatable bonds is 2. The molecule has 0 bridgehead atoms. The van der Waals surface area contributed by atoms with Crippen LogP contribution in [-0.2, 0) is 17.6 Å². The Balaban J connectivity index is 0.000000157. The van der Waals surface area contributed by atoms with Crippen molar-refractivity contribution in [2.75, 3.05) is 11.9 Å². The molecule has 1 aliphatic carbocycles. The van der Waals surface area contributed by atoms with Gasteiger partial charge in [-0.25, -0.2) is 4.79 Å². The molecule has 3 nitrogen and oxygen atoms in total. The number of ether oxygens (including phenoxy) is 1. The number of carbonyl (C=O) groups excluding carboxylic acids is 1. The molecule has 0 fully saturated rings. The minimum atomic E-state index is -0.413. The number of benzene rings is 2. The Kier molecular flexibility index (Phi) is 5.18. The maximum Gasteiger partial charge on any atom is 0.411 e. The van der Waals surface area contributed by atoms with Gasteiger partial charge in [-0.3, -0.25) is 5.32 Å². The van der Waals surface area contributed by atoms with Crippen LogP contribution >= 0.6 is 0 Å². The van der Waals surface area contributed by atoms with Crippen LogP contribution in [0.4, 0.5) is 10.5 Å². The summed E-state index contributed by atoms with van der Waals surface area (Å²) >= 11 is 0.